The summed E-state index contributed by atoms with van der Waals surface area (Å²) < 4.78 is 4.77. The van der Waals surface area contributed by atoms with Gasteiger partial charge in [-0.2, -0.15) is 0 Å². The van der Waals surface area contributed by atoms with Gasteiger partial charge in [0.2, 0.25) is 5.76 Å². The van der Waals surface area contributed by atoms with Crippen molar-refractivity contribution in [2.75, 3.05) is 5.32 Å². The number of carbonyl (C=O) groups is 1. The molecule has 1 aromatic carbocycles. The molecule has 0 saturated carbocycles. The Labute approximate surface area is 93.3 Å². The van der Waals surface area contributed by atoms with Crippen LogP contribution in [0, 0.1) is 13.8 Å². The maximum absolute atomic E-state index is 11.7. The van der Waals surface area contributed by atoms with Crippen molar-refractivity contribution < 1.29 is 9.32 Å². The highest BCUT2D eigenvalue weighted by Crippen LogP contribution is 2.14. The molecule has 0 aliphatic heterocycles. The minimum absolute atomic E-state index is 0.208. The summed E-state index contributed by atoms with van der Waals surface area (Å²) >= 11 is 0. The van der Waals surface area contributed by atoms with E-state index in [0.717, 1.165) is 16.8 Å². The van der Waals surface area contributed by atoms with E-state index in [2.05, 4.69) is 10.5 Å². The van der Waals surface area contributed by atoms with Crippen molar-refractivity contribution in [3.8, 4) is 0 Å². The first-order chi connectivity index (χ1) is 7.65. The van der Waals surface area contributed by atoms with Gasteiger partial charge in [-0.3, -0.25) is 4.79 Å². The topological polar surface area (TPSA) is 55.1 Å². The summed E-state index contributed by atoms with van der Waals surface area (Å²) in [5.74, 6) is -0.0818. The first-order valence-electron chi connectivity index (χ1n) is 4.95. The summed E-state index contributed by atoms with van der Waals surface area (Å²) in [5.41, 5.74) is 2.97. The summed E-state index contributed by atoms with van der Waals surface area (Å²) in [6, 6.07) is 7.38. The molecule has 1 heterocycles. The van der Waals surface area contributed by atoms with Crippen LogP contribution in [0.25, 0.3) is 0 Å². The summed E-state index contributed by atoms with van der Waals surface area (Å²) in [4.78, 5) is 11.7. The fourth-order valence-corrected chi connectivity index (χ4v) is 1.57. The normalized spacial score (nSPS) is 10.1. The number of nitrogens with zero attached hydrogens (tertiary/aromatic N) is 1. The Morgan fingerprint density at radius 2 is 1.94 bits per heavy atom. The molecule has 2 aromatic rings. The van der Waals surface area contributed by atoms with E-state index < -0.39 is 0 Å². The Balaban J connectivity index is 2.18. The van der Waals surface area contributed by atoms with Crippen molar-refractivity contribution in [3.63, 3.8) is 0 Å². The van der Waals surface area contributed by atoms with E-state index in [0.29, 0.717) is 0 Å². The third-order valence-corrected chi connectivity index (χ3v) is 2.14. The van der Waals surface area contributed by atoms with Crippen LogP contribution in [0.2, 0.25) is 0 Å². The Bertz CT molecular complexity index is 483. The minimum Gasteiger partial charge on any atom is -0.351 e. The summed E-state index contributed by atoms with van der Waals surface area (Å²) in [6.45, 7) is 3.97. The van der Waals surface area contributed by atoms with Crippen LogP contribution in [-0.2, 0) is 0 Å². The average molecular weight is 216 g/mol. The summed E-state index contributed by atoms with van der Waals surface area (Å²) in [5, 5.41) is 6.24. The molecule has 1 aromatic heterocycles. The maximum atomic E-state index is 11.7. The lowest BCUT2D eigenvalue weighted by atomic mass is 10.1. The van der Waals surface area contributed by atoms with Crippen LogP contribution < -0.4 is 5.32 Å². The molecule has 0 aliphatic carbocycles. The molecule has 0 atom stereocenters. The Morgan fingerprint density at radius 3 is 2.50 bits per heavy atom. The zero-order valence-electron chi connectivity index (χ0n) is 9.15. The van der Waals surface area contributed by atoms with Gasteiger partial charge in [-0.25, -0.2) is 0 Å². The molecule has 0 saturated heterocycles. The lowest BCUT2D eigenvalue weighted by Crippen LogP contribution is -2.11. The van der Waals surface area contributed by atoms with Crippen LogP contribution in [0.3, 0.4) is 0 Å². The third-order valence-electron chi connectivity index (χ3n) is 2.14. The van der Waals surface area contributed by atoms with Gasteiger partial charge in [-0.05, 0) is 37.1 Å². The van der Waals surface area contributed by atoms with Gasteiger partial charge in [0, 0.05) is 11.8 Å². The fraction of sp³-hybridized carbons (Fsp3) is 0.167. The number of amides is 1. The molecular formula is C12H12N2O2. The number of aryl methyl sites for hydroxylation is 2. The number of hydrogen-bond acceptors (Lipinski definition) is 3. The highest BCUT2D eigenvalue weighted by molar-refractivity contribution is 6.02. The molecule has 1 amide bonds. The van der Waals surface area contributed by atoms with Crippen LogP contribution in [0.15, 0.2) is 35.0 Å². The molecule has 0 radical (unpaired) electrons. The van der Waals surface area contributed by atoms with Crippen LogP contribution in [0.1, 0.15) is 21.7 Å². The molecule has 1 N–H and O–H groups in total. The molecule has 0 spiro atoms. The van der Waals surface area contributed by atoms with Crippen molar-refractivity contribution in [2.45, 2.75) is 13.8 Å². The Morgan fingerprint density at radius 1 is 1.25 bits per heavy atom. The van der Waals surface area contributed by atoms with E-state index in [-0.39, 0.29) is 11.7 Å². The van der Waals surface area contributed by atoms with Gasteiger partial charge in [0.1, 0.15) is 0 Å². The number of anilines is 1. The molecule has 0 aliphatic rings. The number of rotatable bonds is 2. The maximum Gasteiger partial charge on any atom is 0.294 e. The van der Waals surface area contributed by atoms with E-state index >= 15 is 0 Å². The highest BCUT2D eigenvalue weighted by atomic mass is 16.5. The predicted molar refractivity (Wildman–Crippen MR) is 60.4 cm³/mol. The zero-order valence-corrected chi connectivity index (χ0v) is 9.15. The number of aromatic nitrogens is 1. The standard InChI is InChI=1S/C12H12N2O2/c1-8-5-9(2)7-10(6-8)14-12(15)11-3-4-13-16-11/h3-7H,1-2H3,(H,14,15). The zero-order chi connectivity index (χ0) is 11.5. The van der Waals surface area contributed by atoms with Gasteiger partial charge in [0.25, 0.3) is 5.91 Å². The fourth-order valence-electron chi connectivity index (χ4n) is 1.57. The van der Waals surface area contributed by atoms with Crippen molar-refractivity contribution in [1.29, 1.82) is 0 Å². The average Bonchev–Trinajstić information content (AvgIpc) is 2.68. The van der Waals surface area contributed by atoms with Crippen molar-refractivity contribution in [1.82, 2.24) is 5.16 Å². The monoisotopic (exact) mass is 216 g/mol. The SMILES string of the molecule is Cc1cc(C)cc(NC(=O)c2ccno2)c1. The van der Waals surface area contributed by atoms with Crippen molar-refractivity contribution in [3.05, 3.63) is 47.3 Å². The van der Waals surface area contributed by atoms with Crippen LogP contribution in [-0.4, -0.2) is 11.1 Å². The predicted octanol–water partition coefficient (Wildman–Crippen LogP) is 2.54. The van der Waals surface area contributed by atoms with E-state index in [1.807, 2.05) is 32.0 Å². The number of benzene rings is 1. The first kappa shape index (κ1) is 10.4. The van der Waals surface area contributed by atoms with Crippen molar-refractivity contribution >= 4 is 11.6 Å². The molecule has 4 heteroatoms. The number of hydrogen-bond donors (Lipinski definition) is 1. The van der Waals surface area contributed by atoms with Crippen molar-refractivity contribution in [2.24, 2.45) is 0 Å². The second kappa shape index (κ2) is 4.18. The van der Waals surface area contributed by atoms with E-state index in [1.165, 1.54) is 12.3 Å². The van der Waals surface area contributed by atoms with E-state index in [4.69, 9.17) is 4.52 Å². The lowest BCUT2D eigenvalue weighted by molar-refractivity contribution is 0.0988. The van der Waals surface area contributed by atoms with Gasteiger partial charge in [-0.15, -0.1) is 0 Å². The van der Waals surface area contributed by atoms with Gasteiger partial charge in [0.15, 0.2) is 0 Å². The molecule has 16 heavy (non-hydrogen) atoms. The largest absolute Gasteiger partial charge is 0.351 e. The summed E-state index contributed by atoms with van der Waals surface area (Å²) in [7, 11) is 0. The molecule has 0 unspecified atom stereocenters. The van der Waals surface area contributed by atoms with Gasteiger partial charge >= 0.3 is 0 Å². The van der Waals surface area contributed by atoms with Gasteiger partial charge < -0.3 is 9.84 Å². The second-order valence-electron chi connectivity index (χ2n) is 3.71. The highest BCUT2D eigenvalue weighted by Gasteiger charge is 2.09. The molecule has 2 rings (SSSR count). The molecular weight excluding hydrogens is 204 g/mol. The Hall–Kier alpha value is -2.10. The smallest absolute Gasteiger partial charge is 0.294 e. The van der Waals surface area contributed by atoms with Gasteiger partial charge in [0.05, 0.1) is 6.20 Å². The Kier molecular flexibility index (Phi) is 2.72. The molecule has 0 fully saturated rings. The first-order valence-corrected chi connectivity index (χ1v) is 4.95. The quantitative estimate of drug-likeness (QED) is 0.839. The van der Waals surface area contributed by atoms with Crippen LogP contribution >= 0.6 is 0 Å². The summed E-state index contributed by atoms with van der Waals surface area (Å²) in [6.07, 6.45) is 1.44. The number of nitrogens with one attached hydrogen (secondary N) is 1. The molecule has 82 valence electrons. The lowest BCUT2D eigenvalue weighted by Gasteiger charge is -2.05. The number of carbonyl (C=O) groups excluding carboxylic acids is 1. The third kappa shape index (κ3) is 2.28. The van der Waals surface area contributed by atoms with Crippen LogP contribution in [0.5, 0.6) is 0 Å². The molecule has 4 nitrogen and oxygen atoms in total. The van der Waals surface area contributed by atoms with Crippen LogP contribution in [0.4, 0.5) is 5.69 Å². The molecule has 0 bridgehead atoms. The second-order valence-corrected chi connectivity index (χ2v) is 3.71. The minimum atomic E-state index is -0.289. The van der Waals surface area contributed by atoms with E-state index in [9.17, 15) is 4.79 Å². The van der Waals surface area contributed by atoms with E-state index in [1.54, 1.807) is 0 Å². The van der Waals surface area contributed by atoms with Gasteiger partial charge in [-0.1, -0.05) is 11.2 Å².